The van der Waals surface area contributed by atoms with E-state index in [-0.39, 0.29) is 23.6 Å². The number of aromatic carboxylic acids is 1. The number of methoxy groups -OCH3 is 1. The molecule has 0 amide bonds. The molecule has 0 fully saturated rings. The lowest BCUT2D eigenvalue weighted by Gasteiger charge is -2.18. The molecule has 1 N–H and O–H groups in total. The van der Waals surface area contributed by atoms with Crippen molar-refractivity contribution in [1.29, 1.82) is 0 Å². The van der Waals surface area contributed by atoms with Crippen LogP contribution in [0.5, 0.6) is 0 Å². The number of benzene rings is 1. The lowest BCUT2D eigenvalue weighted by Crippen LogP contribution is -2.30. The second kappa shape index (κ2) is 6.66. The lowest BCUT2D eigenvalue weighted by molar-refractivity contribution is 0.0696. The molecule has 8 heteroatoms. The zero-order valence-corrected chi connectivity index (χ0v) is 13.8. The van der Waals surface area contributed by atoms with Gasteiger partial charge in [0, 0.05) is 25.2 Å². The molecule has 0 atom stereocenters. The SMILES string of the molecule is COCCN(C)S(=O)(=O)c1cc(C(=O)O)cc(C)c1Br. The number of ether oxygens (including phenoxy) is 1. The number of carbonyl (C=O) groups is 1. The zero-order valence-electron chi connectivity index (χ0n) is 11.4. The quantitative estimate of drug-likeness (QED) is 0.829. The van der Waals surface area contributed by atoms with Crippen LogP contribution in [0.2, 0.25) is 0 Å². The number of aryl methyl sites for hydroxylation is 1. The Morgan fingerprint density at radius 1 is 1.45 bits per heavy atom. The summed E-state index contributed by atoms with van der Waals surface area (Å²) in [5.74, 6) is -1.17. The van der Waals surface area contributed by atoms with E-state index in [1.807, 2.05) is 0 Å². The van der Waals surface area contributed by atoms with Crippen LogP contribution in [0.1, 0.15) is 15.9 Å². The van der Waals surface area contributed by atoms with Gasteiger partial charge in [-0.3, -0.25) is 0 Å². The average Bonchev–Trinajstić information content (AvgIpc) is 2.38. The van der Waals surface area contributed by atoms with E-state index in [2.05, 4.69) is 15.9 Å². The minimum absolute atomic E-state index is 0.0616. The van der Waals surface area contributed by atoms with Gasteiger partial charge in [0.05, 0.1) is 17.1 Å². The minimum atomic E-state index is -3.78. The predicted octanol–water partition coefficient (Wildman–Crippen LogP) is 1.72. The predicted molar refractivity (Wildman–Crippen MR) is 77.5 cm³/mol. The molecule has 0 spiro atoms. The molecule has 0 aromatic heterocycles. The van der Waals surface area contributed by atoms with Gasteiger partial charge in [-0.15, -0.1) is 0 Å². The van der Waals surface area contributed by atoms with Gasteiger partial charge < -0.3 is 9.84 Å². The average molecular weight is 366 g/mol. The zero-order chi connectivity index (χ0) is 15.5. The van der Waals surface area contributed by atoms with E-state index in [0.29, 0.717) is 10.0 Å². The van der Waals surface area contributed by atoms with Gasteiger partial charge >= 0.3 is 5.97 Å². The maximum absolute atomic E-state index is 12.4. The van der Waals surface area contributed by atoms with Gasteiger partial charge in [0.2, 0.25) is 10.0 Å². The number of halogens is 1. The number of likely N-dealkylation sites (N-methyl/N-ethyl adjacent to an activating group) is 1. The number of nitrogens with zero attached hydrogens (tertiary/aromatic N) is 1. The van der Waals surface area contributed by atoms with Gasteiger partial charge in [-0.2, -0.15) is 4.31 Å². The normalized spacial score (nSPS) is 11.8. The molecular weight excluding hydrogens is 350 g/mol. The molecule has 0 heterocycles. The molecule has 1 aromatic carbocycles. The third-order valence-electron chi connectivity index (χ3n) is 2.77. The van der Waals surface area contributed by atoms with Crippen LogP contribution in [0.25, 0.3) is 0 Å². The number of sulfonamides is 1. The molecule has 0 saturated carbocycles. The number of carboxylic acids is 1. The molecule has 0 aliphatic heterocycles. The Kier molecular flexibility index (Phi) is 5.69. The summed E-state index contributed by atoms with van der Waals surface area (Å²) in [7, 11) is -0.879. The molecular formula is C12H16BrNO5S. The Hall–Kier alpha value is -0.960. The fourth-order valence-electron chi connectivity index (χ4n) is 1.56. The number of hydrogen-bond acceptors (Lipinski definition) is 4. The Morgan fingerprint density at radius 2 is 2.05 bits per heavy atom. The summed E-state index contributed by atoms with van der Waals surface area (Å²) in [6.45, 7) is 2.08. The first-order valence-electron chi connectivity index (χ1n) is 5.70. The maximum atomic E-state index is 12.4. The van der Waals surface area contributed by atoms with Crippen molar-refractivity contribution in [3.05, 3.63) is 27.7 Å². The van der Waals surface area contributed by atoms with Crippen LogP contribution in [0.15, 0.2) is 21.5 Å². The third-order valence-corrected chi connectivity index (χ3v) is 5.96. The molecule has 1 aromatic rings. The number of hydrogen-bond donors (Lipinski definition) is 1. The molecule has 20 heavy (non-hydrogen) atoms. The number of rotatable bonds is 6. The lowest BCUT2D eigenvalue weighted by atomic mass is 10.1. The van der Waals surface area contributed by atoms with E-state index in [9.17, 15) is 13.2 Å². The van der Waals surface area contributed by atoms with Crippen LogP contribution < -0.4 is 0 Å². The third kappa shape index (κ3) is 3.57. The van der Waals surface area contributed by atoms with Crippen LogP contribution in [0, 0.1) is 6.92 Å². The van der Waals surface area contributed by atoms with E-state index >= 15 is 0 Å². The minimum Gasteiger partial charge on any atom is -0.478 e. The summed E-state index contributed by atoms with van der Waals surface area (Å²) in [5.41, 5.74) is 0.480. The van der Waals surface area contributed by atoms with Crippen molar-refractivity contribution in [2.45, 2.75) is 11.8 Å². The first-order valence-corrected chi connectivity index (χ1v) is 7.93. The molecule has 0 unspecified atom stereocenters. The molecule has 0 aliphatic carbocycles. The topological polar surface area (TPSA) is 83.9 Å². The summed E-state index contributed by atoms with van der Waals surface area (Å²) in [4.78, 5) is 11.0. The van der Waals surface area contributed by atoms with Gasteiger partial charge in [0.15, 0.2) is 0 Å². The van der Waals surface area contributed by atoms with Crippen molar-refractivity contribution in [3.8, 4) is 0 Å². The van der Waals surface area contributed by atoms with E-state index < -0.39 is 16.0 Å². The standard InChI is InChI=1S/C12H16BrNO5S/c1-8-6-9(12(15)16)7-10(11(8)13)20(17,18)14(2)4-5-19-3/h6-7H,4-5H2,1-3H3,(H,15,16). The smallest absolute Gasteiger partial charge is 0.335 e. The van der Waals surface area contributed by atoms with Crippen molar-refractivity contribution in [2.75, 3.05) is 27.3 Å². The van der Waals surface area contributed by atoms with E-state index in [1.165, 1.54) is 20.2 Å². The Morgan fingerprint density at radius 3 is 2.55 bits per heavy atom. The van der Waals surface area contributed by atoms with Crippen LogP contribution in [0.4, 0.5) is 0 Å². The monoisotopic (exact) mass is 365 g/mol. The molecule has 112 valence electrons. The second-order valence-corrected chi connectivity index (χ2v) is 7.04. The van der Waals surface area contributed by atoms with E-state index in [1.54, 1.807) is 6.92 Å². The molecule has 0 radical (unpaired) electrons. The first kappa shape index (κ1) is 17.1. The Labute approximate surface area is 126 Å². The summed E-state index contributed by atoms with van der Waals surface area (Å²) in [6.07, 6.45) is 0. The molecule has 0 saturated heterocycles. The molecule has 0 aliphatic rings. The highest BCUT2D eigenvalue weighted by atomic mass is 79.9. The Balaban J connectivity index is 3.34. The van der Waals surface area contributed by atoms with Crippen molar-refractivity contribution < 1.29 is 23.1 Å². The molecule has 0 bridgehead atoms. The van der Waals surface area contributed by atoms with Gasteiger partial charge in [0.1, 0.15) is 0 Å². The summed E-state index contributed by atoms with van der Waals surface area (Å²) in [5, 5.41) is 9.03. The highest BCUT2D eigenvalue weighted by molar-refractivity contribution is 9.10. The first-order chi connectivity index (χ1) is 9.21. The van der Waals surface area contributed by atoms with Gasteiger partial charge in [0.25, 0.3) is 0 Å². The summed E-state index contributed by atoms with van der Waals surface area (Å²) in [6, 6.07) is 2.57. The van der Waals surface area contributed by atoms with E-state index in [0.717, 1.165) is 10.4 Å². The molecule has 1 rings (SSSR count). The summed E-state index contributed by atoms with van der Waals surface area (Å²) < 4.78 is 31.2. The van der Waals surface area contributed by atoms with Crippen LogP contribution >= 0.6 is 15.9 Å². The number of carboxylic acid groups (broad SMARTS) is 1. The highest BCUT2D eigenvalue weighted by Crippen LogP contribution is 2.29. The van der Waals surface area contributed by atoms with Crippen molar-refractivity contribution in [1.82, 2.24) is 4.31 Å². The second-order valence-electron chi connectivity index (χ2n) is 4.23. The van der Waals surface area contributed by atoms with Gasteiger partial charge in [-0.25, -0.2) is 13.2 Å². The fourth-order valence-corrected chi connectivity index (χ4v) is 3.71. The van der Waals surface area contributed by atoms with Gasteiger partial charge in [-0.05, 0) is 40.5 Å². The fraction of sp³-hybridized carbons (Fsp3) is 0.417. The summed E-state index contributed by atoms with van der Waals surface area (Å²) >= 11 is 3.21. The van der Waals surface area contributed by atoms with E-state index in [4.69, 9.17) is 9.84 Å². The van der Waals surface area contributed by atoms with Crippen molar-refractivity contribution in [2.24, 2.45) is 0 Å². The van der Waals surface area contributed by atoms with Crippen LogP contribution in [-0.2, 0) is 14.8 Å². The largest absolute Gasteiger partial charge is 0.478 e. The Bertz CT molecular complexity index is 615. The van der Waals surface area contributed by atoms with Crippen molar-refractivity contribution >= 4 is 31.9 Å². The highest BCUT2D eigenvalue weighted by Gasteiger charge is 2.25. The van der Waals surface area contributed by atoms with Gasteiger partial charge in [-0.1, -0.05) is 0 Å². The van der Waals surface area contributed by atoms with Crippen LogP contribution in [-0.4, -0.2) is 51.1 Å². The van der Waals surface area contributed by atoms with Crippen molar-refractivity contribution in [3.63, 3.8) is 0 Å². The van der Waals surface area contributed by atoms with Crippen LogP contribution in [0.3, 0.4) is 0 Å². The molecule has 6 nitrogen and oxygen atoms in total. The maximum Gasteiger partial charge on any atom is 0.335 e.